The summed E-state index contributed by atoms with van der Waals surface area (Å²) in [5.41, 5.74) is 23.2. The van der Waals surface area contributed by atoms with Crippen molar-refractivity contribution in [3.8, 4) is 84.9 Å². The molecular weight excluding hydrogens is 1200 g/mol. The van der Waals surface area contributed by atoms with Crippen LogP contribution in [0, 0.1) is 0 Å². The maximum absolute atomic E-state index is 13.9. The van der Waals surface area contributed by atoms with Crippen molar-refractivity contribution in [2.24, 2.45) is 0 Å². The summed E-state index contributed by atoms with van der Waals surface area (Å²) in [6.07, 6.45) is 0. The number of carbonyl (C=O) groups excluding carboxylic acids is 1. The van der Waals surface area contributed by atoms with Gasteiger partial charge in [0.25, 0.3) is 6.71 Å². The van der Waals surface area contributed by atoms with Gasteiger partial charge in [-0.05, 0) is 124 Å². The van der Waals surface area contributed by atoms with E-state index in [1.807, 2.05) is 140 Å². The number of aromatic nitrogens is 6. The third kappa shape index (κ3) is 10.2. The molecular formula is C87H57BN8O2. The number of hydrogen-bond acceptors (Lipinski definition) is 9. The molecule has 0 amide bonds. The molecule has 11 heteroatoms. The number of ether oxygens (including phenoxy) is 1. The van der Waals surface area contributed by atoms with Crippen LogP contribution in [-0.2, 0) is 11.3 Å². The number of hydrogen-bond donors (Lipinski definition) is 0. The van der Waals surface area contributed by atoms with E-state index in [1.54, 1.807) is 0 Å². The smallest absolute Gasteiger partial charge is 0.338 e. The number of carbonyl (C=O) groups is 1. The summed E-state index contributed by atoms with van der Waals surface area (Å²) >= 11 is 0. The minimum Gasteiger partial charge on any atom is -0.457 e. The first-order valence-corrected chi connectivity index (χ1v) is 32.9. The van der Waals surface area contributed by atoms with Gasteiger partial charge < -0.3 is 19.1 Å². The second-order valence-electron chi connectivity index (χ2n) is 24.6. The van der Waals surface area contributed by atoms with E-state index in [0.29, 0.717) is 28.9 Å². The Kier molecular flexibility index (Phi) is 14.3. The highest BCUT2D eigenvalue weighted by molar-refractivity contribution is 7.00. The average Bonchev–Trinajstić information content (AvgIpc) is 1.03. The van der Waals surface area contributed by atoms with Gasteiger partial charge in [0.15, 0.2) is 23.3 Å². The highest BCUT2D eigenvalue weighted by Gasteiger charge is 2.43. The summed E-state index contributed by atoms with van der Waals surface area (Å²) in [4.78, 5) is 45.7. The SMILES string of the molecule is O=C(OCc1ccccc1)c1ccc2c(c1)c1ccccc1n2-c1ccc(-c2cc(-c3ccccc3)nc(-c3ccccc3)n2)cc1-c1nc(-c2ccccc2)nc(-c2ccc(-c3cc4c5c(c3)N(c3ccccc3)c3ccccc3B5c3ccccc3N4c3ccccc3)cc2)n1. The molecule has 13 aromatic carbocycles. The molecule has 0 spiro atoms. The van der Waals surface area contributed by atoms with E-state index in [0.717, 1.165) is 123 Å². The molecule has 3 aromatic heterocycles. The Morgan fingerprint density at radius 1 is 0.327 bits per heavy atom. The molecule has 460 valence electrons. The van der Waals surface area contributed by atoms with Gasteiger partial charge in [-0.2, -0.15) is 0 Å². The minimum atomic E-state index is -0.404. The Hall–Kier alpha value is -13.1. The molecule has 0 atom stereocenters. The summed E-state index contributed by atoms with van der Waals surface area (Å²) in [5, 5.41) is 1.85. The Balaban J connectivity index is 0.820. The molecule has 18 rings (SSSR count). The molecule has 0 aliphatic carbocycles. The fraction of sp³-hybridized carbons (Fsp3) is 0.0115. The number of rotatable bonds is 13. The lowest BCUT2D eigenvalue weighted by Crippen LogP contribution is -2.61. The lowest BCUT2D eigenvalue weighted by Gasteiger charge is -2.44. The molecule has 16 aromatic rings. The number of para-hydroxylation sites is 5. The number of anilines is 6. The zero-order valence-corrected chi connectivity index (χ0v) is 52.9. The lowest BCUT2D eigenvalue weighted by molar-refractivity contribution is 0.0473. The van der Waals surface area contributed by atoms with E-state index in [9.17, 15) is 4.79 Å². The van der Waals surface area contributed by atoms with Crippen molar-refractivity contribution in [1.82, 2.24) is 29.5 Å². The van der Waals surface area contributed by atoms with E-state index in [1.165, 1.54) is 16.4 Å². The van der Waals surface area contributed by atoms with Crippen molar-refractivity contribution in [3.63, 3.8) is 0 Å². The fourth-order valence-electron chi connectivity index (χ4n) is 14.2. The van der Waals surface area contributed by atoms with Crippen LogP contribution in [0.1, 0.15) is 15.9 Å². The standard InChI is InChI=1S/C87H57BN8O2/c97-87(98-56-57-25-7-1-8-26-57)64-48-50-76-69(52-64)68-37-19-22-40-75(68)96(76)77-49-47-63(74-55-73(59-27-9-2-10-28-59)89-83(90-74)60-29-11-3-12-30-60)51-70(77)86-92-84(61-31-13-4-14-32-61)91-85(93-86)62-45-43-58(44-46-62)65-53-80-82-81(54-65)95(67-35-17-6-18-36-67)79-42-24-21-39-72(79)88(82)71-38-20-23-41-78(71)94(80)66-33-15-5-16-34-66/h1-55H,56H2. The van der Waals surface area contributed by atoms with Crippen molar-refractivity contribution in [2.75, 3.05) is 9.80 Å². The zero-order valence-electron chi connectivity index (χ0n) is 52.9. The van der Waals surface area contributed by atoms with Crippen molar-refractivity contribution in [3.05, 3.63) is 345 Å². The summed E-state index contributed by atoms with van der Waals surface area (Å²) < 4.78 is 8.16. The van der Waals surface area contributed by atoms with Crippen LogP contribution in [0.2, 0.25) is 0 Å². The summed E-state index contributed by atoms with van der Waals surface area (Å²) in [6.45, 7) is 0.151. The van der Waals surface area contributed by atoms with E-state index in [2.05, 4.69) is 208 Å². The Morgan fingerprint density at radius 2 is 0.786 bits per heavy atom. The number of esters is 1. The molecule has 2 aliphatic heterocycles. The molecule has 0 bridgehead atoms. The first-order valence-electron chi connectivity index (χ1n) is 32.9. The van der Waals surface area contributed by atoms with Gasteiger partial charge in [0.05, 0.1) is 33.7 Å². The van der Waals surface area contributed by atoms with Crippen LogP contribution in [0.5, 0.6) is 0 Å². The largest absolute Gasteiger partial charge is 0.457 e. The summed E-state index contributed by atoms with van der Waals surface area (Å²) in [5.74, 6) is 1.66. The van der Waals surface area contributed by atoms with Crippen LogP contribution in [0.15, 0.2) is 334 Å². The number of benzene rings is 13. The van der Waals surface area contributed by atoms with Gasteiger partial charge >= 0.3 is 5.97 Å². The normalized spacial score (nSPS) is 12.1. The van der Waals surface area contributed by atoms with Gasteiger partial charge in [0, 0.05) is 78.3 Å². The van der Waals surface area contributed by atoms with Crippen molar-refractivity contribution in [2.45, 2.75) is 6.61 Å². The van der Waals surface area contributed by atoms with E-state index in [4.69, 9.17) is 29.7 Å². The maximum Gasteiger partial charge on any atom is 0.338 e. The third-order valence-electron chi connectivity index (χ3n) is 18.8. The molecule has 10 nitrogen and oxygen atoms in total. The lowest BCUT2D eigenvalue weighted by atomic mass is 9.33. The zero-order chi connectivity index (χ0) is 65.0. The molecule has 2 aliphatic rings. The molecule has 0 unspecified atom stereocenters. The summed E-state index contributed by atoms with van der Waals surface area (Å²) in [6, 6.07) is 115. The van der Waals surface area contributed by atoms with Crippen LogP contribution >= 0.6 is 0 Å². The second-order valence-corrected chi connectivity index (χ2v) is 24.6. The van der Waals surface area contributed by atoms with Crippen molar-refractivity contribution >= 4 is 85.0 Å². The predicted octanol–water partition coefficient (Wildman–Crippen LogP) is 18.9. The molecule has 0 radical (unpaired) electrons. The quantitative estimate of drug-likeness (QED) is 0.0825. The van der Waals surface area contributed by atoms with Gasteiger partial charge in [-0.3, -0.25) is 0 Å². The van der Waals surface area contributed by atoms with Gasteiger partial charge in [-0.15, -0.1) is 0 Å². The number of nitrogens with zero attached hydrogens (tertiary/aromatic N) is 8. The highest BCUT2D eigenvalue weighted by Crippen LogP contribution is 2.47. The molecule has 0 N–H and O–H groups in total. The fourth-order valence-corrected chi connectivity index (χ4v) is 14.2. The van der Waals surface area contributed by atoms with Crippen molar-refractivity contribution in [1.29, 1.82) is 0 Å². The van der Waals surface area contributed by atoms with Crippen LogP contribution in [0.3, 0.4) is 0 Å². The topological polar surface area (TPSA) is 102 Å². The predicted molar refractivity (Wildman–Crippen MR) is 397 cm³/mol. The average molecular weight is 1260 g/mol. The number of fused-ring (bicyclic) bond motifs is 7. The first-order chi connectivity index (χ1) is 48.5. The Labute approximate surface area is 566 Å². The monoisotopic (exact) mass is 1260 g/mol. The maximum atomic E-state index is 13.9. The van der Waals surface area contributed by atoms with Gasteiger partial charge in [0.2, 0.25) is 0 Å². The first kappa shape index (κ1) is 57.5. The Morgan fingerprint density at radius 3 is 1.39 bits per heavy atom. The third-order valence-corrected chi connectivity index (χ3v) is 18.8. The van der Waals surface area contributed by atoms with Crippen LogP contribution in [0.25, 0.3) is 107 Å². The van der Waals surface area contributed by atoms with Crippen molar-refractivity contribution < 1.29 is 9.53 Å². The van der Waals surface area contributed by atoms with Gasteiger partial charge in [0.1, 0.15) is 6.61 Å². The minimum absolute atomic E-state index is 0.00904. The summed E-state index contributed by atoms with van der Waals surface area (Å²) in [7, 11) is 0. The van der Waals surface area contributed by atoms with E-state index >= 15 is 0 Å². The van der Waals surface area contributed by atoms with Crippen LogP contribution < -0.4 is 26.2 Å². The van der Waals surface area contributed by atoms with Gasteiger partial charge in [-0.25, -0.2) is 29.7 Å². The molecule has 0 saturated heterocycles. The molecule has 0 fully saturated rings. The van der Waals surface area contributed by atoms with Crippen LogP contribution in [-0.4, -0.2) is 42.2 Å². The van der Waals surface area contributed by atoms with Gasteiger partial charge in [-0.1, -0.05) is 243 Å². The van der Waals surface area contributed by atoms with E-state index in [-0.39, 0.29) is 13.3 Å². The highest BCUT2D eigenvalue weighted by atomic mass is 16.5. The molecule has 5 heterocycles. The molecule has 0 saturated carbocycles. The molecule has 98 heavy (non-hydrogen) atoms. The van der Waals surface area contributed by atoms with Crippen LogP contribution in [0.4, 0.5) is 34.1 Å². The second kappa shape index (κ2) is 24.3. The Bertz CT molecular complexity index is 5550. The van der Waals surface area contributed by atoms with E-state index < -0.39 is 5.97 Å².